The minimum Gasteiger partial charge on any atom is -0.472 e. The van der Waals surface area contributed by atoms with Crippen LogP contribution in [0.25, 0.3) is 0 Å². The molecule has 1 atom stereocenters. The van der Waals surface area contributed by atoms with Crippen LogP contribution in [-0.2, 0) is 16.1 Å². The second-order valence-corrected chi connectivity index (χ2v) is 8.15. The van der Waals surface area contributed by atoms with Gasteiger partial charge in [-0.3, -0.25) is 14.5 Å². The largest absolute Gasteiger partial charge is 0.472 e. The molecule has 0 saturated carbocycles. The molecule has 1 aliphatic rings. The number of amides is 2. The third-order valence-electron chi connectivity index (χ3n) is 5.01. The summed E-state index contributed by atoms with van der Waals surface area (Å²) in [6.07, 6.45) is 1.75. The smallest absolute Gasteiger partial charge is 0.274 e. The van der Waals surface area contributed by atoms with Crippen molar-refractivity contribution < 1.29 is 14.3 Å². The summed E-state index contributed by atoms with van der Waals surface area (Å²) in [7, 11) is 0. The molecule has 2 heterocycles. The molecule has 0 saturated heterocycles. The number of anilines is 1. The molecule has 0 fully saturated rings. The van der Waals surface area contributed by atoms with Crippen molar-refractivity contribution in [2.75, 3.05) is 11.4 Å². The number of aromatic nitrogens is 1. The van der Waals surface area contributed by atoms with Crippen LogP contribution in [0.5, 0.6) is 5.75 Å². The number of halogens is 1. The Morgan fingerprint density at radius 1 is 1.10 bits per heavy atom. The fraction of sp³-hybridized carbons (Fsp3) is 0.208. The minimum atomic E-state index is -0.719. The van der Waals surface area contributed by atoms with Gasteiger partial charge in [-0.05, 0) is 36.2 Å². The Morgan fingerprint density at radius 3 is 2.74 bits per heavy atom. The van der Waals surface area contributed by atoms with Crippen molar-refractivity contribution in [1.29, 1.82) is 0 Å². The van der Waals surface area contributed by atoms with E-state index in [0.29, 0.717) is 37.5 Å². The molecule has 7 heteroatoms. The molecule has 0 radical (unpaired) electrons. The lowest BCUT2D eigenvalue weighted by Crippen LogP contribution is -2.42. The topological polar surface area (TPSA) is 71.5 Å². The molecule has 2 aromatic carbocycles. The predicted molar refractivity (Wildman–Crippen MR) is 122 cm³/mol. The fourth-order valence-corrected chi connectivity index (χ4v) is 3.94. The highest BCUT2D eigenvalue weighted by atomic mass is 79.9. The monoisotopic (exact) mass is 479 g/mol. The van der Waals surface area contributed by atoms with Crippen molar-refractivity contribution in [3.05, 3.63) is 88.5 Å². The first kappa shape index (κ1) is 21.1. The molecule has 1 aromatic heterocycles. The van der Waals surface area contributed by atoms with E-state index < -0.39 is 6.10 Å². The van der Waals surface area contributed by atoms with Crippen LogP contribution in [0.3, 0.4) is 0 Å². The van der Waals surface area contributed by atoms with E-state index in [1.807, 2.05) is 60.7 Å². The molecule has 1 unspecified atom stereocenters. The predicted octanol–water partition coefficient (Wildman–Crippen LogP) is 4.41. The Kier molecular flexibility index (Phi) is 6.62. The van der Waals surface area contributed by atoms with Crippen molar-refractivity contribution >= 4 is 33.6 Å². The normalized spacial score (nSPS) is 15.2. The van der Waals surface area contributed by atoms with Crippen LogP contribution in [0.15, 0.2) is 77.4 Å². The van der Waals surface area contributed by atoms with E-state index in [0.717, 1.165) is 15.6 Å². The van der Waals surface area contributed by atoms with Crippen molar-refractivity contribution in [3.8, 4) is 5.75 Å². The molecular weight excluding hydrogens is 458 g/mol. The first-order valence-corrected chi connectivity index (χ1v) is 10.9. The summed E-state index contributed by atoms with van der Waals surface area (Å²) in [5.74, 6) is 0.831. The second kappa shape index (κ2) is 9.75. The number of nitrogens with zero attached hydrogens (tertiary/aromatic N) is 2. The van der Waals surface area contributed by atoms with Crippen LogP contribution in [0.1, 0.15) is 30.1 Å². The van der Waals surface area contributed by atoms with Crippen molar-refractivity contribution in [3.63, 3.8) is 0 Å². The zero-order valence-electron chi connectivity index (χ0n) is 16.8. The highest BCUT2D eigenvalue weighted by Gasteiger charge is 2.36. The third-order valence-corrected chi connectivity index (χ3v) is 5.50. The molecule has 0 aliphatic carbocycles. The van der Waals surface area contributed by atoms with Crippen molar-refractivity contribution in [2.45, 2.75) is 25.5 Å². The number of rotatable bonds is 7. The van der Waals surface area contributed by atoms with Gasteiger partial charge in [-0.15, -0.1) is 0 Å². The molecular formula is C24H22BrN3O3. The summed E-state index contributed by atoms with van der Waals surface area (Å²) >= 11 is 3.43. The van der Waals surface area contributed by atoms with Gasteiger partial charge in [0.2, 0.25) is 12.0 Å². The van der Waals surface area contributed by atoms with Gasteiger partial charge in [-0.1, -0.05) is 58.4 Å². The van der Waals surface area contributed by atoms with Gasteiger partial charge in [0, 0.05) is 35.7 Å². The zero-order valence-corrected chi connectivity index (χ0v) is 18.4. The Morgan fingerprint density at radius 2 is 1.94 bits per heavy atom. The van der Waals surface area contributed by atoms with Crippen LogP contribution in [0.4, 0.5) is 5.82 Å². The van der Waals surface area contributed by atoms with Gasteiger partial charge in [0.1, 0.15) is 0 Å². The Bertz CT molecular complexity index is 1070. The molecule has 1 aliphatic heterocycles. The number of pyridine rings is 1. The van der Waals surface area contributed by atoms with Crippen LogP contribution in [-0.4, -0.2) is 23.3 Å². The highest BCUT2D eigenvalue weighted by Crippen LogP contribution is 2.37. The third kappa shape index (κ3) is 5.11. The number of carbonyl (C=O) groups excluding carboxylic acids is 2. The lowest BCUT2D eigenvalue weighted by molar-refractivity contribution is -0.127. The van der Waals surface area contributed by atoms with E-state index in [4.69, 9.17) is 4.74 Å². The van der Waals surface area contributed by atoms with Crippen LogP contribution < -0.4 is 15.0 Å². The first-order valence-electron chi connectivity index (χ1n) is 10.1. The summed E-state index contributed by atoms with van der Waals surface area (Å²) in [4.78, 5) is 31.4. The number of ether oxygens (including phenoxy) is 1. The SMILES string of the molecule is O=C(CCCN1C(=O)C(c2ccccc2)Oc2cccnc21)NCc1cccc(Br)c1. The van der Waals surface area contributed by atoms with E-state index in [9.17, 15) is 9.59 Å². The summed E-state index contributed by atoms with van der Waals surface area (Å²) in [6, 6.07) is 20.8. The summed E-state index contributed by atoms with van der Waals surface area (Å²) in [6.45, 7) is 0.856. The number of carbonyl (C=O) groups is 2. The maximum atomic E-state index is 13.2. The highest BCUT2D eigenvalue weighted by molar-refractivity contribution is 9.10. The van der Waals surface area contributed by atoms with Crippen LogP contribution in [0.2, 0.25) is 0 Å². The van der Waals surface area contributed by atoms with Gasteiger partial charge in [0.15, 0.2) is 11.6 Å². The molecule has 31 heavy (non-hydrogen) atoms. The number of nitrogens with one attached hydrogen (secondary N) is 1. The van der Waals surface area contributed by atoms with Crippen molar-refractivity contribution in [2.24, 2.45) is 0 Å². The van der Waals surface area contributed by atoms with E-state index in [-0.39, 0.29) is 11.8 Å². The van der Waals surface area contributed by atoms with E-state index in [2.05, 4.69) is 26.2 Å². The molecule has 4 rings (SSSR count). The maximum absolute atomic E-state index is 13.2. The zero-order chi connectivity index (χ0) is 21.6. The molecule has 3 aromatic rings. The number of fused-ring (bicyclic) bond motifs is 1. The van der Waals surface area contributed by atoms with E-state index >= 15 is 0 Å². The van der Waals surface area contributed by atoms with Gasteiger partial charge in [-0.2, -0.15) is 0 Å². The van der Waals surface area contributed by atoms with Gasteiger partial charge in [0.25, 0.3) is 5.91 Å². The fourth-order valence-electron chi connectivity index (χ4n) is 3.49. The quantitative estimate of drug-likeness (QED) is 0.544. The summed E-state index contributed by atoms with van der Waals surface area (Å²) in [5.41, 5.74) is 1.81. The van der Waals surface area contributed by atoms with Crippen LogP contribution >= 0.6 is 15.9 Å². The molecule has 158 valence electrons. The average Bonchev–Trinajstić information content (AvgIpc) is 2.79. The van der Waals surface area contributed by atoms with Gasteiger partial charge >= 0.3 is 0 Å². The minimum absolute atomic E-state index is 0.0541. The first-order chi connectivity index (χ1) is 15.1. The lowest BCUT2D eigenvalue weighted by atomic mass is 10.1. The lowest BCUT2D eigenvalue weighted by Gasteiger charge is -2.33. The Hall–Kier alpha value is -3.19. The average molecular weight is 480 g/mol. The number of hydrogen-bond donors (Lipinski definition) is 1. The molecule has 6 nitrogen and oxygen atoms in total. The summed E-state index contributed by atoms with van der Waals surface area (Å²) < 4.78 is 6.92. The Balaban J connectivity index is 1.38. The van der Waals surface area contributed by atoms with E-state index in [1.54, 1.807) is 17.2 Å². The van der Waals surface area contributed by atoms with Crippen LogP contribution in [0, 0.1) is 0 Å². The Labute approximate surface area is 189 Å². The standard InChI is InChI=1S/C24H22BrN3O3/c25-19-10-4-7-17(15-19)16-27-21(29)12-6-14-28-23-20(11-5-13-26-23)31-22(24(28)30)18-8-2-1-3-9-18/h1-5,7-11,13,15,22H,6,12,14,16H2,(H,27,29). The maximum Gasteiger partial charge on any atom is 0.274 e. The number of hydrogen-bond acceptors (Lipinski definition) is 4. The van der Waals surface area contributed by atoms with Gasteiger partial charge < -0.3 is 10.1 Å². The molecule has 2 amide bonds. The number of benzene rings is 2. The summed E-state index contributed by atoms with van der Waals surface area (Å²) in [5, 5.41) is 2.93. The molecule has 0 spiro atoms. The second-order valence-electron chi connectivity index (χ2n) is 7.23. The van der Waals surface area contributed by atoms with E-state index in [1.165, 1.54) is 0 Å². The molecule has 1 N–H and O–H groups in total. The van der Waals surface area contributed by atoms with Crippen molar-refractivity contribution in [1.82, 2.24) is 10.3 Å². The van der Waals surface area contributed by atoms with Gasteiger partial charge in [0.05, 0.1) is 0 Å². The molecule has 0 bridgehead atoms. The van der Waals surface area contributed by atoms with Gasteiger partial charge in [-0.25, -0.2) is 4.98 Å².